The van der Waals surface area contributed by atoms with E-state index in [1.165, 1.54) is 0 Å². The Balaban J connectivity index is 1.64. The highest BCUT2D eigenvalue weighted by atomic mass is 32.2. The van der Waals surface area contributed by atoms with Gasteiger partial charge in [0.1, 0.15) is 6.04 Å². The number of hydrogen-bond donors (Lipinski definition) is 2. The molecule has 1 aliphatic rings. The lowest BCUT2D eigenvalue weighted by molar-refractivity contribution is -0.139. The van der Waals surface area contributed by atoms with Gasteiger partial charge in [-0.1, -0.05) is 66.4 Å². The fourth-order valence-electron chi connectivity index (χ4n) is 3.19. The van der Waals surface area contributed by atoms with Crippen LogP contribution in [0.15, 0.2) is 88.7 Å². The highest BCUT2D eigenvalue weighted by Gasteiger charge is 2.30. The predicted molar refractivity (Wildman–Crippen MR) is 109 cm³/mol. The minimum atomic E-state index is -1.06. The molecule has 0 unspecified atom stereocenters. The van der Waals surface area contributed by atoms with Crippen LogP contribution in [0.25, 0.3) is 0 Å². The van der Waals surface area contributed by atoms with Crippen LogP contribution in [0.4, 0.5) is 16.2 Å². The van der Waals surface area contributed by atoms with E-state index in [4.69, 9.17) is 0 Å². The summed E-state index contributed by atoms with van der Waals surface area (Å²) < 4.78 is 0. The van der Waals surface area contributed by atoms with E-state index in [0.29, 0.717) is 0 Å². The van der Waals surface area contributed by atoms with Gasteiger partial charge in [0.05, 0.1) is 11.4 Å². The van der Waals surface area contributed by atoms with E-state index in [9.17, 15) is 14.7 Å². The molecule has 0 aromatic heterocycles. The van der Waals surface area contributed by atoms with Crippen LogP contribution >= 0.6 is 11.8 Å². The molecule has 1 atom stereocenters. The summed E-state index contributed by atoms with van der Waals surface area (Å²) in [5.41, 5.74) is 2.34. The van der Waals surface area contributed by atoms with Crippen LogP contribution in [0.2, 0.25) is 0 Å². The van der Waals surface area contributed by atoms with Crippen molar-refractivity contribution in [1.82, 2.24) is 5.32 Å². The molecule has 5 nitrogen and oxygen atoms in total. The molecule has 28 heavy (non-hydrogen) atoms. The zero-order chi connectivity index (χ0) is 19.5. The van der Waals surface area contributed by atoms with Crippen molar-refractivity contribution in [2.45, 2.75) is 22.3 Å². The average molecular weight is 390 g/mol. The van der Waals surface area contributed by atoms with E-state index in [2.05, 4.69) is 5.32 Å². The van der Waals surface area contributed by atoms with Gasteiger partial charge in [-0.15, -0.1) is 0 Å². The van der Waals surface area contributed by atoms with Gasteiger partial charge in [0, 0.05) is 16.2 Å². The average Bonchev–Trinajstić information content (AvgIpc) is 2.72. The summed E-state index contributed by atoms with van der Waals surface area (Å²) in [6.07, 6.45) is 0.216. The Hall–Kier alpha value is -3.25. The first kappa shape index (κ1) is 18.1. The molecular weight excluding hydrogens is 372 g/mol. The molecule has 0 aliphatic carbocycles. The number of amides is 2. The third kappa shape index (κ3) is 3.59. The number of carbonyl (C=O) groups excluding carboxylic acids is 1. The fraction of sp³-hybridized carbons (Fsp3) is 0.0909. The smallest absolute Gasteiger partial charge is 0.327 e. The highest BCUT2D eigenvalue weighted by Crippen LogP contribution is 2.47. The van der Waals surface area contributed by atoms with Crippen LogP contribution in [0.5, 0.6) is 0 Å². The Bertz CT molecular complexity index is 978. The molecular formula is C22H18N2O3S. The minimum absolute atomic E-state index is 0.216. The molecule has 3 aromatic rings. The molecule has 1 heterocycles. The number of nitrogens with one attached hydrogen (secondary N) is 1. The van der Waals surface area contributed by atoms with E-state index in [1.807, 2.05) is 78.9 Å². The van der Waals surface area contributed by atoms with Crippen LogP contribution in [0.1, 0.15) is 5.56 Å². The van der Waals surface area contributed by atoms with Crippen molar-refractivity contribution in [3.05, 3.63) is 84.4 Å². The lowest BCUT2D eigenvalue weighted by Crippen LogP contribution is -2.48. The summed E-state index contributed by atoms with van der Waals surface area (Å²) in [5, 5.41) is 12.3. The van der Waals surface area contributed by atoms with Crippen molar-refractivity contribution >= 4 is 35.1 Å². The number of carbonyl (C=O) groups is 2. The third-order valence-electron chi connectivity index (χ3n) is 4.51. The van der Waals surface area contributed by atoms with Crippen molar-refractivity contribution in [3.63, 3.8) is 0 Å². The Morgan fingerprint density at radius 3 is 1.96 bits per heavy atom. The standard InChI is InChI=1S/C22H18N2O3S/c25-21(26)16(14-15-8-2-1-3-9-15)23-22(27)24-17-10-4-6-12-19(17)28-20-13-7-5-11-18(20)24/h1-13,16H,14H2,(H,23,27)(H,25,26)/t16-/m0/s1. The summed E-state index contributed by atoms with van der Waals surface area (Å²) in [5.74, 6) is -1.06. The number of urea groups is 1. The van der Waals surface area contributed by atoms with E-state index in [0.717, 1.165) is 26.7 Å². The molecule has 0 saturated heterocycles. The third-order valence-corrected chi connectivity index (χ3v) is 5.64. The molecule has 4 rings (SSSR count). The zero-order valence-corrected chi connectivity index (χ0v) is 15.7. The summed E-state index contributed by atoms with van der Waals surface area (Å²) in [4.78, 5) is 28.4. The number of carboxylic acids is 1. The maximum Gasteiger partial charge on any atom is 0.327 e. The van der Waals surface area contributed by atoms with Gasteiger partial charge in [0.15, 0.2) is 0 Å². The quantitative estimate of drug-likeness (QED) is 0.678. The monoisotopic (exact) mass is 390 g/mol. The largest absolute Gasteiger partial charge is 0.480 e. The zero-order valence-electron chi connectivity index (χ0n) is 14.9. The second-order valence-corrected chi connectivity index (χ2v) is 7.49. The summed E-state index contributed by atoms with van der Waals surface area (Å²) in [6.45, 7) is 0. The van der Waals surface area contributed by atoms with Crippen molar-refractivity contribution in [3.8, 4) is 0 Å². The van der Waals surface area contributed by atoms with E-state index < -0.39 is 18.0 Å². The molecule has 2 N–H and O–H groups in total. The highest BCUT2D eigenvalue weighted by molar-refractivity contribution is 7.99. The van der Waals surface area contributed by atoms with Crippen LogP contribution < -0.4 is 10.2 Å². The Labute approximate surface area is 167 Å². The second kappa shape index (κ2) is 7.78. The van der Waals surface area contributed by atoms with Gasteiger partial charge in [-0.2, -0.15) is 0 Å². The maximum atomic E-state index is 13.2. The molecule has 0 saturated carbocycles. The van der Waals surface area contributed by atoms with Crippen molar-refractivity contribution < 1.29 is 14.7 Å². The molecule has 0 radical (unpaired) electrons. The van der Waals surface area contributed by atoms with Gasteiger partial charge in [-0.05, 0) is 29.8 Å². The van der Waals surface area contributed by atoms with Crippen molar-refractivity contribution in [2.75, 3.05) is 4.90 Å². The Morgan fingerprint density at radius 2 is 1.39 bits per heavy atom. The maximum absolute atomic E-state index is 13.2. The topological polar surface area (TPSA) is 69.6 Å². The van der Waals surface area contributed by atoms with Crippen LogP contribution in [-0.2, 0) is 11.2 Å². The molecule has 0 spiro atoms. The number of para-hydroxylation sites is 2. The number of carboxylic acid groups (broad SMARTS) is 1. The summed E-state index contributed by atoms with van der Waals surface area (Å²) >= 11 is 1.59. The molecule has 1 aliphatic heterocycles. The summed E-state index contributed by atoms with van der Waals surface area (Å²) in [7, 11) is 0. The molecule has 140 valence electrons. The van der Waals surface area contributed by atoms with Gasteiger partial charge < -0.3 is 10.4 Å². The fourth-order valence-corrected chi connectivity index (χ4v) is 4.24. The Kier molecular flexibility index (Phi) is 5.04. The number of hydrogen-bond acceptors (Lipinski definition) is 3. The number of nitrogens with zero attached hydrogens (tertiary/aromatic N) is 1. The van der Waals surface area contributed by atoms with Gasteiger partial charge in [0.2, 0.25) is 0 Å². The van der Waals surface area contributed by atoms with Gasteiger partial charge in [-0.3, -0.25) is 4.90 Å². The van der Waals surface area contributed by atoms with Crippen LogP contribution in [0, 0.1) is 0 Å². The number of rotatable bonds is 4. The van der Waals surface area contributed by atoms with Gasteiger partial charge in [0.25, 0.3) is 0 Å². The molecule has 0 fully saturated rings. The van der Waals surface area contributed by atoms with E-state index in [-0.39, 0.29) is 6.42 Å². The first-order chi connectivity index (χ1) is 13.6. The summed E-state index contributed by atoms with van der Waals surface area (Å²) in [6, 6.07) is 23.0. The van der Waals surface area contributed by atoms with Gasteiger partial charge >= 0.3 is 12.0 Å². The van der Waals surface area contributed by atoms with Gasteiger partial charge in [-0.25, -0.2) is 9.59 Å². The lowest BCUT2D eigenvalue weighted by atomic mass is 10.1. The number of benzene rings is 3. The normalized spacial score (nSPS) is 13.2. The number of fused-ring (bicyclic) bond motifs is 2. The minimum Gasteiger partial charge on any atom is -0.480 e. The predicted octanol–water partition coefficient (Wildman–Crippen LogP) is 4.69. The van der Waals surface area contributed by atoms with Crippen LogP contribution in [-0.4, -0.2) is 23.1 Å². The number of aliphatic carboxylic acids is 1. The van der Waals surface area contributed by atoms with E-state index >= 15 is 0 Å². The van der Waals surface area contributed by atoms with Crippen LogP contribution in [0.3, 0.4) is 0 Å². The molecule has 6 heteroatoms. The SMILES string of the molecule is O=C(O)[C@H](Cc1ccccc1)NC(=O)N1c2ccccc2Sc2ccccc21. The van der Waals surface area contributed by atoms with Crippen molar-refractivity contribution in [1.29, 1.82) is 0 Å². The second-order valence-electron chi connectivity index (χ2n) is 6.40. The van der Waals surface area contributed by atoms with E-state index in [1.54, 1.807) is 16.7 Å². The molecule has 0 bridgehead atoms. The molecule has 3 aromatic carbocycles. The Morgan fingerprint density at radius 1 is 0.857 bits per heavy atom. The lowest BCUT2D eigenvalue weighted by Gasteiger charge is -2.31. The first-order valence-electron chi connectivity index (χ1n) is 8.87. The van der Waals surface area contributed by atoms with Crippen molar-refractivity contribution in [2.24, 2.45) is 0 Å². The number of anilines is 2. The molecule has 2 amide bonds. The first-order valence-corrected chi connectivity index (χ1v) is 9.68.